The van der Waals surface area contributed by atoms with Crippen LogP contribution in [0.2, 0.25) is 5.02 Å². The Morgan fingerprint density at radius 2 is 1.91 bits per heavy atom. The van der Waals surface area contributed by atoms with Gasteiger partial charge in [-0.3, -0.25) is 4.79 Å². The van der Waals surface area contributed by atoms with Gasteiger partial charge in [-0.1, -0.05) is 41.9 Å². The molecule has 32 heavy (non-hydrogen) atoms. The van der Waals surface area contributed by atoms with Gasteiger partial charge in [-0.05, 0) is 37.0 Å². The number of fused-ring (bicyclic) bond motifs is 1. The number of esters is 1. The maximum Gasteiger partial charge on any atom is 0.337 e. The molecule has 1 aliphatic carbocycles. The van der Waals surface area contributed by atoms with Gasteiger partial charge < -0.3 is 19.5 Å². The topological polar surface area (TPSA) is 73.9 Å². The van der Waals surface area contributed by atoms with Crippen molar-refractivity contribution in [3.8, 4) is 11.5 Å². The Hall–Kier alpha value is -3.25. The van der Waals surface area contributed by atoms with Crippen LogP contribution in [0.15, 0.2) is 65.0 Å². The fourth-order valence-electron chi connectivity index (χ4n) is 4.52. The number of ketones is 1. The Morgan fingerprint density at radius 1 is 1.16 bits per heavy atom. The van der Waals surface area contributed by atoms with Crippen LogP contribution in [-0.2, 0) is 20.9 Å². The molecule has 3 aliphatic rings. The van der Waals surface area contributed by atoms with Crippen molar-refractivity contribution >= 4 is 23.4 Å². The molecule has 6 nitrogen and oxygen atoms in total. The number of nitrogens with one attached hydrogen (secondary N) is 1. The second-order valence-corrected chi connectivity index (χ2v) is 8.46. The first-order valence-electron chi connectivity index (χ1n) is 10.6. The van der Waals surface area contributed by atoms with Crippen molar-refractivity contribution in [2.24, 2.45) is 0 Å². The first-order chi connectivity index (χ1) is 15.5. The molecule has 7 heteroatoms. The van der Waals surface area contributed by atoms with Gasteiger partial charge in [-0.2, -0.15) is 0 Å². The van der Waals surface area contributed by atoms with Crippen molar-refractivity contribution in [2.45, 2.75) is 38.7 Å². The summed E-state index contributed by atoms with van der Waals surface area (Å²) in [6.07, 6.45) is 1.95. The largest absolute Gasteiger partial charge is 0.457 e. The highest BCUT2D eigenvalue weighted by Gasteiger charge is 2.40. The lowest BCUT2D eigenvalue weighted by molar-refractivity contribution is -0.140. The first-order valence-corrected chi connectivity index (χ1v) is 10.9. The van der Waals surface area contributed by atoms with Crippen molar-refractivity contribution in [1.82, 2.24) is 5.32 Å². The molecule has 1 N–H and O–H groups in total. The lowest BCUT2D eigenvalue weighted by Crippen LogP contribution is -2.34. The highest BCUT2D eigenvalue weighted by Crippen LogP contribution is 2.48. The van der Waals surface area contributed by atoms with Gasteiger partial charge in [0.2, 0.25) is 6.79 Å². The van der Waals surface area contributed by atoms with E-state index in [1.165, 1.54) is 0 Å². The summed E-state index contributed by atoms with van der Waals surface area (Å²) in [5, 5.41) is 3.70. The summed E-state index contributed by atoms with van der Waals surface area (Å²) >= 11 is 6.65. The predicted octanol–water partition coefficient (Wildman–Crippen LogP) is 4.78. The lowest BCUT2D eigenvalue weighted by Gasteiger charge is -2.34. The van der Waals surface area contributed by atoms with E-state index in [1.54, 1.807) is 12.1 Å². The molecule has 2 aliphatic heterocycles. The van der Waals surface area contributed by atoms with E-state index in [-0.39, 0.29) is 19.2 Å². The van der Waals surface area contributed by atoms with Crippen molar-refractivity contribution < 1.29 is 23.8 Å². The molecular formula is C25H22ClNO5. The van der Waals surface area contributed by atoms with Gasteiger partial charge in [-0.15, -0.1) is 0 Å². The number of Topliss-reactive ketones (excluding diaryl/α,β-unsaturated/α-hetero) is 1. The van der Waals surface area contributed by atoms with Crippen LogP contribution in [0, 0.1) is 0 Å². The van der Waals surface area contributed by atoms with Crippen molar-refractivity contribution in [3.63, 3.8) is 0 Å². The highest BCUT2D eigenvalue weighted by atomic mass is 35.5. The summed E-state index contributed by atoms with van der Waals surface area (Å²) in [4.78, 5) is 26.4. The second-order valence-electron chi connectivity index (χ2n) is 8.05. The van der Waals surface area contributed by atoms with Gasteiger partial charge in [0.25, 0.3) is 0 Å². The van der Waals surface area contributed by atoms with Crippen LogP contribution in [0.4, 0.5) is 0 Å². The average molecular weight is 452 g/mol. The summed E-state index contributed by atoms with van der Waals surface area (Å²) in [6.45, 7) is 2.07. The lowest BCUT2D eigenvalue weighted by atomic mass is 9.75. The minimum absolute atomic E-state index is 0.0124. The van der Waals surface area contributed by atoms with Gasteiger partial charge in [0, 0.05) is 40.4 Å². The zero-order valence-corrected chi connectivity index (χ0v) is 18.3. The smallest absolute Gasteiger partial charge is 0.337 e. The van der Waals surface area contributed by atoms with Crippen LogP contribution in [0.5, 0.6) is 11.5 Å². The minimum atomic E-state index is -0.635. The van der Waals surface area contributed by atoms with E-state index < -0.39 is 11.9 Å². The van der Waals surface area contributed by atoms with Gasteiger partial charge in [0.1, 0.15) is 6.61 Å². The minimum Gasteiger partial charge on any atom is -0.457 e. The molecule has 2 aromatic carbocycles. The summed E-state index contributed by atoms with van der Waals surface area (Å²) in [5.41, 5.74) is 3.98. The predicted molar refractivity (Wildman–Crippen MR) is 118 cm³/mol. The molecule has 2 aromatic rings. The number of carbonyl (C=O) groups is 2. The van der Waals surface area contributed by atoms with Crippen LogP contribution in [-0.4, -0.2) is 18.5 Å². The second kappa shape index (κ2) is 8.36. The fourth-order valence-corrected chi connectivity index (χ4v) is 4.78. The number of rotatable bonds is 4. The zero-order valence-electron chi connectivity index (χ0n) is 17.6. The van der Waals surface area contributed by atoms with Crippen LogP contribution in [0.25, 0.3) is 0 Å². The molecule has 0 aromatic heterocycles. The molecule has 0 radical (unpaired) electrons. The van der Waals surface area contributed by atoms with Gasteiger partial charge in [0.05, 0.1) is 5.57 Å². The molecule has 0 spiro atoms. The van der Waals surface area contributed by atoms with E-state index in [9.17, 15) is 9.59 Å². The van der Waals surface area contributed by atoms with Crippen LogP contribution < -0.4 is 14.8 Å². The molecular weight excluding hydrogens is 430 g/mol. The molecule has 0 bridgehead atoms. The molecule has 0 unspecified atom stereocenters. The summed E-state index contributed by atoms with van der Waals surface area (Å²) in [7, 11) is 0. The van der Waals surface area contributed by atoms with Crippen molar-refractivity contribution in [1.29, 1.82) is 0 Å². The third-order valence-electron chi connectivity index (χ3n) is 6.01. The van der Waals surface area contributed by atoms with E-state index >= 15 is 0 Å². The SMILES string of the molecule is CC1=C(C(=O)OCc2ccccc2)[C@@H](c2cc3c(cc2Cl)OCO3)C2=C(CCCC2=O)N1. The monoisotopic (exact) mass is 451 g/mol. The number of allylic oxidation sites excluding steroid dienone is 3. The van der Waals surface area contributed by atoms with Crippen LogP contribution in [0.1, 0.15) is 43.2 Å². The van der Waals surface area contributed by atoms with E-state index in [0.29, 0.717) is 45.3 Å². The highest BCUT2D eigenvalue weighted by molar-refractivity contribution is 6.32. The standard InChI is InChI=1S/C25H22ClNO5/c1-14-22(25(29)30-12-15-6-3-2-4-7-15)23(24-18(27-14)8-5-9-19(24)28)16-10-20-21(11-17(16)26)32-13-31-20/h2-4,6-7,10-11,23,27H,5,8-9,12-13H2,1H3/t23-/m1/s1. The molecule has 164 valence electrons. The normalized spacial score (nSPS) is 19.6. The van der Waals surface area contributed by atoms with Crippen LogP contribution in [0.3, 0.4) is 0 Å². The number of dihydropyridines is 1. The van der Waals surface area contributed by atoms with E-state index in [1.807, 2.05) is 37.3 Å². The molecule has 5 rings (SSSR count). The van der Waals surface area contributed by atoms with Crippen molar-refractivity contribution in [3.05, 3.63) is 81.2 Å². The number of halogens is 1. The third-order valence-corrected chi connectivity index (χ3v) is 6.34. The number of hydrogen-bond donors (Lipinski definition) is 1. The average Bonchev–Trinajstić information content (AvgIpc) is 3.24. The maximum absolute atomic E-state index is 13.3. The van der Waals surface area contributed by atoms with Crippen molar-refractivity contribution in [2.75, 3.05) is 6.79 Å². The summed E-state index contributed by atoms with van der Waals surface area (Å²) in [6, 6.07) is 12.9. The van der Waals surface area contributed by atoms with Gasteiger partial charge in [0.15, 0.2) is 17.3 Å². The molecule has 0 saturated carbocycles. The quantitative estimate of drug-likeness (QED) is 0.674. The number of carbonyl (C=O) groups excluding carboxylic acids is 2. The van der Waals surface area contributed by atoms with E-state index in [2.05, 4.69) is 5.32 Å². The Morgan fingerprint density at radius 3 is 2.69 bits per heavy atom. The van der Waals surface area contributed by atoms with Gasteiger partial charge >= 0.3 is 5.97 Å². The summed E-state index contributed by atoms with van der Waals surface area (Å²) in [5.74, 6) is -0.0149. The Labute approximate surface area is 190 Å². The number of hydrogen-bond acceptors (Lipinski definition) is 6. The number of ether oxygens (including phenoxy) is 3. The Balaban J connectivity index is 1.57. The fraction of sp³-hybridized carbons (Fsp3) is 0.280. The molecule has 0 saturated heterocycles. The van der Waals surface area contributed by atoms with E-state index in [0.717, 1.165) is 24.1 Å². The molecule has 1 atom stereocenters. The number of benzene rings is 2. The summed E-state index contributed by atoms with van der Waals surface area (Å²) < 4.78 is 16.6. The van der Waals surface area contributed by atoms with Crippen LogP contribution >= 0.6 is 11.6 Å². The molecule has 0 amide bonds. The first kappa shape index (κ1) is 20.6. The Bertz CT molecular complexity index is 1170. The molecule has 0 fully saturated rings. The Kier molecular flexibility index (Phi) is 5.39. The third kappa shape index (κ3) is 3.65. The zero-order chi connectivity index (χ0) is 22.2. The van der Waals surface area contributed by atoms with E-state index in [4.69, 9.17) is 25.8 Å². The molecule has 2 heterocycles. The maximum atomic E-state index is 13.3. The van der Waals surface area contributed by atoms with Gasteiger partial charge in [-0.25, -0.2) is 4.79 Å².